The summed E-state index contributed by atoms with van der Waals surface area (Å²) in [4.78, 5) is 6.41. The third-order valence-electron chi connectivity index (χ3n) is 5.87. The molecule has 4 aromatic rings. The predicted molar refractivity (Wildman–Crippen MR) is 116 cm³/mol. The average Bonchev–Trinajstić information content (AvgIpc) is 3.39. The summed E-state index contributed by atoms with van der Waals surface area (Å²) >= 11 is 0. The number of benzene rings is 1. The Balaban J connectivity index is 1.51. The summed E-state index contributed by atoms with van der Waals surface area (Å²) in [5.41, 5.74) is 3.14. The van der Waals surface area contributed by atoms with Crippen LogP contribution in [0.4, 0.5) is 19.1 Å². The maximum absolute atomic E-state index is 14.5. The number of nitrogens with one attached hydrogen (secondary N) is 1. The first-order chi connectivity index (χ1) is 15.9. The number of piperidine rings is 1. The zero-order valence-corrected chi connectivity index (χ0v) is 18.1. The lowest BCUT2D eigenvalue weighted by molar-refractivity contribution is 0.122. The van der Waals surface area contributed by atoms with Gasteiger partial charge in [-0.2, -0.15) is 4.98 Å². The molecular weight excluding hydrogens is 437 g/mol. The number of methoxy groups -OCH3 is 1. The third kappa shape index (κ3) is 4.06. The van der Waals surface area contributed by atoms with Gasteiger partial charge in [0.2, 0.25) is 11.8 Å². The van der Waals surface area contributed by atoms with Crippen LogP contribution in [0.25, 0.3) is 27.7 Å². The first-order valence-corrected chi connectivity index (χ1v) is 10.6. The van der Waals surface area contributed by atoms with Gasteiger partial charge in [-0.3, -0.25) is 0 Å². The van der Waals surface area contributed by atoms with Crippen molar-refractivity contribution >= 4 is 22.5 Å². The molecule has 2 atom stereocenters. The molecule has 1 aliphatic heterocycles. The van der Waals surface area contributed by atoms with Crippen LogP contribution in [0.5, 0.6) is 5.88 Å². The van der Waals surface area contributed by atoms with Gasteiger partial charge in [0.25, 0.3) is 6.43 Å². The largest absolute Gasteiger partial charge is 0.479 e. The zero-order chi connectivity index (χ0) is 23.1. The topological polar surface area (TPSA) is 85.4 Å². The van der Waals surface area contributed by atoms with Crippen LogP contribution < -0.4 is 10.1 Å². The van der Waals surface area contributed by atoms with Crippen LogP contribution >= 0.6 is 0 Å². The van der Waals surface area contributed by atoms with Crippen LogP contribution in [0.3, 0.4) is 0 Å². The smallest absolute Gasteiger partial charge is 0.258 e. The second kappa shape index (κ2) is 8.50. The first-order valence-electron chi connectivity index (χ1n) is 10.6. The number of fused-ring (bicyclic) bond motifs is 2. The van der Waals surface area contributed by atoms with E-state index in [1.54, 1.807) is 22.8 Å². The number of halogens is 3. The standard InChI is InChI=1S/C21H23F3N8O/c1-30-7-6-15(14(22)10-30)25-21-26-20(33-2)19-13(5-8-31(19)28-21)12-3-4-16-17(9-12)32(29-27-16)11-18(23)24/h3-5,8-9,14-15,18H,6-7,10-11H2,1-2H3,(H,25,28)/t14-,15+/m1/s1. The Bertz CT molecular complexity index is 1290. The van der Waals surface area contributed by atoms with Gasteiger partial charge in [0, 0.05) is 24.8 Å². The normalized spacial score (nSPS) is 19.6. The number of hydrogen-bond acceptors (Lipinski definition) is 7. The fourth-order valence-electron chi connectivity index (χ4n) is 4.21. The summed E-state index contributed by atoms with van der Waals surface area (Å²) in [7, 11) is 3.39. The number of likely N-dealkylation sites (tertiary alicyclic amines) is 1. The summed E-state index contributed by atoms with van der Waals surface area (Å²) < 4.78 is 48.6. The number of ether oxygens (including phenoxy) is 1. The van der Waals surface area contributed by atoms with E-state index >= 15 is 0 Å². The SMILES string of the molecule is COc1nc(N[C@H]2CCN(C)C[C@H]2F)nn2ccc(-c3ccc4nnn(CC(F)F)c4c3)c12. The molecule has 1 N–H and O–H groups in total. The van der Waals surface area contributed by atoms with Gasteiger partial charge in [-0.15, -0.1) is 10.2 Å². The van der Waals surface area contributed by atoms with Crippen molar-refractivity contribution in [3.63, 3.8) is 0 Å². The van der Waals surface area contributed by atoms with Gasteiger partial charge in [0.05, 0.1) is 18.7 Å². The fourth-order valence-corrected chi connectivity index (χ4v) is 4.21. The highest BCUT2D eigenvalue weighted by molar-refractivity contribution is 5.89. The number of aromatic nitrogens is 6. The van der Waals surface area contributed by atoms with Crippen LogP contribution in [0, 0.1) is 0 Å². The molecule has 0 aliphatic carbocycles. The van der Waals surface area contributed by atoms with Crippen molar-refractivity contribution in [2.75, 3.05) is 32.6 Å². The quantitative estimate of drug-likeness (QED) is 0.474. The molecular formula is C21H23F3N8O. The highest BCUT2D eigenvalue weighted by Crippen LogP contribution is 2.33. The molecule has 0 amide bonds. The lowest BCUT2D eigenvalue weighted by Crippen LogP contribution is -2.46. The first kappa shape index (κ1) is 21.4. The minimum Gasteiger partial charge on any atom is -0.479 e. The van der Waals surface area contributed by atoms with E-state index in [0.717, 1.165) is 17.7 Å². The molecule has 5 rings (SSSR count). The second-order valence-electron chi connectivity index (χ2n) is 8.15. The lowest BCUT2D eigenvalue weighted by Gasteiger charge is -2.32. The molecule has 4 heterocycles. The maximum Gasteiger partial charge on any atom is 0.258 e. The monoisotopic (exact) mass is 460 g/mol. The summed E-state index contributed by atoms with van der Waals surface area (Å²) in [6, 6.07) is 6.77. The van der Waals surface area contributed by atoms with Crippen LogP contribution in [-0.2, 0) is 6.54 Å². The van der Waals surface area contributed by atoms with Crippen molar-refractivity contribution in [2.45, 2.75) is 31.6 Å². The van der Waals surface area contributed by atoms with Crippen LogP contribution in [0.1, 0.15) is 6.42 Å². The molecule has 1 aliphatic rings. The molecule has 12 heteroatoms. The van der Waals surface area contributed by atoms with Crippen LogP contribution in [0.15, 0.2) is 30.5 Å². The molecule has 0 bridgehead atoms. The Kier molecular flexibility index (Phi) is 5.52. The Morgan fingerprint density at radius 2 is 2.12 bits per heavy atom. The minimum absolute atomic E-state index is 0.272. The van der Waals surface area contributed by atoms with E-state index in [0.29, 0.717) is 35.4 Å². The number of anilines is 1. The number of hydrogen-bond donors (Lipinski definition) is 1. The van der Waals surface area contributed by atoms with Gasteiger partial charge in [0.1, 0.15) is 23.7 Å². The molecule has 1 saturated heterocycles. The Morgan fingerprint density at radius 3 is 2.88 bits per heavy atom. The van der Waals surface area contributed by atoms with Crippen molar-refractivity contribution < 1.29 is 17.9 Å². The van der Waals surface area contributed by atoms with Crippen molar-refractivity contribution in [3.05, 3.63) is 30.5 Å². The molecule has 1 aromatic carbocycles. The van der Waals surface area contributed by atoms with Gasteiger partial charge >= 0.3 is 0 Å². The van der Waals surface area contributed by atoms with Crippen molar-refractivity contribution in [1.29, 1.82) is 0 Å². The summed E-state index contributed by atoms with van der Waals surface area (Å²) in [5.74, 6) is 0.587. The van der Waals surface area contributed by atoms with Crippen molar-refractivity contribution in [2.24, 2.45) is 0 Å². The Labute approximate surface area is 187 Å². The van der Waals surface area contributed by atoms with E-state index in [-0.39, 0.29) is 12.0 Å². The molecule has 0 spiro atoms. The summed E-state index contributed by atoms with van der Waals surface area (Å²) in [5, 5.41) is 15.4. The van der Waals surface area contributed by atoms with Gasteiger partial charge in [-0.05, 0) is 37.2 Å². The number of nitrogens with zero attached hydrogens (tertiary/aromatic N) is 7. The highest BCUT2D eigenvalue weighted by atomic mass is 19.3. The third-order valence-corrected chi connectivity index (χ3v) is 5.87. The minimum atomic E-state index is -2.54. The van der Waals surface area contributed by atoms with Gasteiger partial charge in [-0.25, -0.2) is 22.4 Å². The van der Waals surface area contributed by atoms with Crippen LogP contribution in [0.2, 0.25) is 0 Å². The lowest BCUT2D eigenvalue weighted by atomic mass is 10.0. The zero-order valence-electron chi connectivity index (χ0n) is 18.1. The summed E-state index contributed by atoms with van der Waals surface area (Å²) in [6.07, 6.45) is -1.19. The molecule has 0 saturated carbocycles. The van der Waals surface area contributed by atoms with Crippen molar-refractivity contribution in [1.82, 2.24) is 34.5 Å². The van der Waals surface area contributed by atoms with Gasteiger partial charge in [0.15, 0.2) is 0 Å². The highest BCUT2D eigenvalue weighted by Gasteiger charge is 2.28. The number of alkyl halides is 3. The molecule has 174 valence electrons. The predicted octanol–water partition coefficient (Wildman–Crippen LogP) is 2.87. The van der Waals surface area contributed by atoms with Crippen LogP contribution in [-0.4, -0.2) is 80.4 Å². The van der Waals surface area contributed by atoms with E-state index in [2.05, 4.69) is 25.7 Å². The number of rotatable bonds is 6. The van der Waals surface area contributed by atoms with E-state index in [9.17, 15) is 13.2 Å². The van der Waals surface area contributed by atoms with Crippen molar-refractivity contribution in [3.8, 4) is 17.0 Å². The Morgan fingerprint density at radius 1 is 1.27 bits per heavy atom. The Hall–Kier alpha value is -3.41. The molecule has 33 heavy (non-hydrogen) atoms. The van der Waals surface area contributed by atoms with Gasteiger partial charge < -0.3 is 15.0 Å². The molecule has 9 nitrogen and oxygen atoms in total. The van der Waals surface area contributed by atoms with E-state index in [1.807, 2.05) is 24.1 Å². The summed E-state index contributed by atoms with van der Waals surface area (Å²) in [6.45, 7) is 0.596. The molecule has 3 aromatic heterocycles. The molecule has 1 fully saturated rings. The maximum atomic E-state index is 14.5. The fraction of sp³-hybridized carbons (Fsp3) is 0.429. The molecule has 0 unspecified atom stereocenters. The van der Waals surface area contributed by atoms with Gasteiger partial charge in [-0.1, -0.05) is 11.3 Å². The molecule has 0 radical (unpaired) electrons. The van der Waals surface area contributed by atoms with E-state index in [1.165, 1.54) is 11.8 Å². The van der Waals surface area contributed by atoms with E-state index in [4.69, 9.17) is 4.74 Å². The average molecular weight is 460 g/mol. The van der Waals surface area contributed by atoms with E-state index < -0.39 is 19.1 Å². The second-order valence-corrected chi connectivity index (χ2v) is 8.15.